The van der Waals surface area contributed by atoms with Crippen molar-refractivity contribution >= 4 is 34.8 Å². The summed E-state index contributed by atoms with van der Waals surface area (Å²) < 4.78 is 5.76. The van der Waals surface area contributed by atoms with Gasteiger partial charge >= 0.3 is 0 Å². The number of carbonyl (C=O) groups excluding carboxylic acids is 2. The minimum Gasteiger partial charge on any atom is -0.457 e. The molecule has 3 aromatic carbocycles. The van der Waals surface area contributed by atoms with Crippen LogP contribution in [0.15, 0.2) is 83.5 Å². The maximum atomic E-state index is 12.9. The number of aryl methyl sites for hydroxylation is 2. The quantitative estimate of drug-likeness (QED) is 0.553. The van der Waals surface area contributed by atoms with Crippen LogP contribution in [0.2, 0.25) is 0 Å². The summed E-state index contributed by atoms with van der Waals surface area (Å²) in [4.78, 5) is 26.6. The van der Waals surface area contributed by atoms with Gasteiger partial charge in [-0.05, 0) is 73.5 Å². The molecule has 150 valence electrons. The molecule has 0 radical (unpaired) electrons. The van der Waals surface area contributed by atoms with E-state index in [4.69, 9.17) is 16.3 Å². The van der Waals surface area contributed by atoms with E-state index < -0.39 is 11.8 Å². The van der Waals surface area contributed by atoms with Crippen molar-refractivity contribution < 1.29 is 14.3 Å². The highest BCUT2D eigenvalue weighted by Crippen LogP contribution is 2.31. The van der Waals surface area contributed by atoms with Crippen molar-refractivity contribution in [3.8, 4) is 11.5 Å². The maximum absolute atomic E-state index is 12.9. The van der Waals surface area contributed by atoms with Gasteiger partial charge in [-0.1, -0.05) is 35.9 Å². The fourth-order valence-electron chi connectivity index (χ4n) is 3.09. The number of nitrogens with zero attached hydrogens (tertiary/aromatic N) is 1. The van der Waals surface area contributed by atoms with E-state index in [9.17, 15) is 9.59 Å². The smallest absolute Gasteiger partial charge is 0.283 e. The molecule has 0 saturated heterocycles. The zero-order valence-corrected chi connectivity index (χ0v) is 17.2. The first-order valence-corrected chi connectivity index (χ1v) is 9.77. The summed E-state index contributed by atoms with van der Waals surface area (Å²) >= 11 is 6.21. The van der Waals surface area contributed by atoms with Crippen molar-refractivity contribution in [1.29, 1.82) is 0 Å². The minimum absolute atomic E-state index is 0.0524. The Balaban J connectivity index is 1.52. The summed E-state index contributed by atoms with van der Waals surface area (Å²) in [5, 5.41) is 2.83. The molecule has 1 aliphatic rings. The summed E-state index contributed by atoms with van der Waals surface area (Å²) in [5.41, 5.74) is 3.23. The molecule has 2 amide bonds. The van der Waals surface area contributed by atoms with E-state index in [0.29, 0.717) is 17.1 Å². The van der Waals surface area contributed by atoms with Crippen molar-refractivity contribution in [2.75, 3.05) is 10.2 Å². The van der Waals surface area contributed by atoms with Gasteiger partial charge in [0.1, 0.15) is 22.2 Å². The Morgan fingerprint density at radius 1 is 0.800 bits per heavy atom. The van der Waals surface area contributed by atoms with Crippen LogP contribution in [0.1, 0.15) is 11.1 Å². The topological polar surface area (TPSA) is 58.6 Å². The SMILES string of the molecule is Cc1ccc(N2C(=O)C(Cl)=C(Nc3ccc(Oc4ccccc4)cc3)C2=O)cc1C. The first-order valence-electron chi connectivity index (χ1n) is 9.40. The molecule has 1 aliphatic heterocycles. The lowest BCUT2D eigenvalue weighted by molar-refractivity contribution is -0.120. The van der Waals surface area contributed by atoms with E-state index in [0.717, 1.165) is 21.8 Å². The third-order valence-corrected chi connectivity index (χ3v) is 5.23. The summed E-state index contributed by atoms with van der Waals surface area (Å²) in [7, 11) is 0. The van der Waals surface area contributed by atoms with Crippen LogP contribution in [0.3, 0.4) is 0 Å². The highest BCUT2D eigenvalue weighted by molar-refractivity contribution is 6.53. The molecule has 1 heterocycles. The molecule has 0 fully saturated rings. The highest BCUT2D eigenvalue weighted by atomic mass is 35.5. The van der Waals surface area contributed by atoms with E-state index in [1.165, 1.54) is 0 Å². The van der Waals surface area contributed by atoms with Gasteiger partial charge in [0, 0.05) is 5.69 Å². The van der Waals surface area contributed by atoms with E-state index in [2.05, 4.69) is 5.32 Å². The molecule has 4 rings (SSSR count). The number of anilines is 2. The number of benzene rings is 3. The predicted molar refractivity (Wildman–Crippen MR) is 118 cm³/mol. The third-order valence-electron chi connectivity index (χ3n) is 4.88. The number of amides is 2. The second-order valence-electron chi connectivity index (χ2n) is 6.97. The molecular weight excluding hydrogens is 400 g/mol. The van der Waals surface area contributed by atoms with Crippen LogP contribution in [-0.2, 0) is 9.59 Å². The summed E-state index contributed by atoms with van der Waals surface area (Å²) in [6.07, 6.45) is 0. The monoisotopic (exact) mass is 418 g/mol. The van der Waals surface area contributed by atoms with Crippen molar-refractivity contribution in [1.82, 2.24) is 0 Å². The molecule has 0 bridgehead atoms. The Morgan fingerprint density at radius 3 is 2.13 bits per heavy atom. The summed E-state index contributed by atoms with van der Waals surface area (Å²) in [6, 6.07) is 21.9. The Kier molecular flexibility index (Phi) is 5.29. The number of hydrogen-bond acceptors (Lipinski definition) is 4. The average molecular weight is 419 g/mol. The number of para-hydroxylation sites is 1. The van der Waals surface area contributed by atoms with Gasteiger partial charge < -0.3 is 10.1 Å². The number of halogens is 1. The molecule has 30 heavy (non-hydrogen) atoms. The first-order chi connectivity index (χ1) is 14.4. The van der Waals surface area contributed by atoms with Crippen LogP contribution in [-0.4, -0.2) is 11.8 Å². The van der Waals surface area contributed by atoms with Crippen LogP contribution < -0.4 is 15.0 Å². The lowest BCUT2D eigenvalue weighted by Crippen LogP contribution is -2.32. The van der Waals surface area contributed by atoms with E-state index in [-0.39, 0.29) is 10.7 Å². The summed E-state index contributed by atoms with van der Waals surface area (Å²) in [5.74, 6) is 0.344. The Labute approximate surface area is 179 Å². The Morgan fingerprint density at radius 2 is 1.47 bits per heavy atom. The number of imide groups is 1. The van der Waals surface area contributed by atoms with Gasteiger partial charge in [-0.15, -0.1) is 0 Å². The standard InChI is InChI=1S/C24H19ClN2O3/c1-15-8-11-18(14-16(15)2)27-23(28)21(25)22(24(27)29)26-17-9-12-20(13-10-17)30-19-6-4-3-5-7-19/h3-14,26H,1-2H3. The molecule has 0 spiro atoms. The second-order valence-corrected chi connectivity index (χ2v) is 7.35. The second kappa shape index (κ2) is 8.05. The molecule has 3 aromatic rings. The number of ether oxygens (including phenoxy) is 1. The van der Waals surface area contributed by atoms with Crippen molar-refractivity contribution in [2.24, 2.45) is 0 Å². The van der Waals surface area contributed by atoms with Gasteiger partial charge in [-0.3, -0.25) is 9.59 Å². The normalized spacial score (nSPS) is 13.8. The largest absolute Gasteiger partial charge is 0.457 e. The van der Waals surface area contributed by atoms with Crippen LogP contribution in [0.4, 0.5) is 11.4 Å². The van der Waals surface area contributed by atoms with Crippen LogP contribution in [0.25, 0.3) is 0 Å². The lowest BCUT2D eigenvalue weighted by atomic mass is 10.1. The molecular formula is C24H19ClN2O3. The minimum atomic E-state index is -0.545. The number of nitrogens with one attached hydrogen (secondary N) is 1. The number of rotatable bonds is 5. The Hall–Kier alpha value is -3.57. The van der Waals surface area contributed by atoms with Gasteiger partial charge in [-0.25, -0.2) is 4.90 Å². The van der Waals surface area contributed by atoms with Crippen LogP contribution >= 0.6 is 11.6 Å². The summed E-state index contributed by atoms with van der Waals surface area (Å²) in [6.45, 7) is 3.90. The molecule has 0 atom stereocenters. The average Bonchev–Trinajstić information content (AvgIpc) is 2.95. The number of hydrogen-bond donors (Lipinski definition) is 1. The fourth-order valence-corrected chi connectivity index (χ4v) is 3.30. The third kappa shape index (κ3) is 3.80. The van der Waals surface area contributed by atoms with Crippen molar-refractivity contribution in [3.63, 3.8) is 0 Å². The van der Waals surface area contributed by atoms with E-state index in [1.54, 1.807) is 36.4 Å². The fraction of sp³-hybridized carbons (Fsp3) is 0.0833. The van der Waals surface area contributed by atoms with Gasteiger partial charge in [0.2, 0.25) is 0 Å². The molecule has 1 N–H and O–H groups in total. The first kappa shape index (κ1) is 19.7. The molecule has 5 nitrogen and oxygen atoms in total. The van der Waals surface area contributed by atoms with Gasteiger partial charge in [0.05, 0.1) is 5.69 Å². The molecule has 0 aliphatic carbocycles. The van der Waals surface area contributed by atoms with Crippen LogP contribution in [0.5, 0.6) is 11.5 Å². The van der Waals surface area contributed by atoms with Gasteiger partial charge in [-0.2, -0.15) is 0 Å². The highest BCUT2D eigenvalue weighted by Gasteiger charge is 2.39. The van der Waals surface area contributed by atoms with E-state index >= 15 is 0 Å². The number of carbonyl (C=O) groups is 2. The Bertz CT molecular complexity index is 1150. The van der Waals surface area contributed by atoms with Crippen molar-refractivity contribution in [3.05, 3.63) is 94.7 Å². The van der Waals surface area contributed by atoms with Gasteiger partial charge in [0.15, 0.2) is 0 Å². The van der Waals surface area contributed by atoms with Crippen molar-refractivity contribution in [2.45, 2.75) is 13.8 Å². The molecule has 6 heteroatoms. The maximum Gasteiger partial charge on any atom is 0.283 e. The van der Waals surface area contributed by atoms with E-state index in [1.807, 2.05) is 50.2 Å². The zero-order chi connectivity index (χ0) is 21.3. The molecule has 0 saturated carbocycles. The molecule has 0 aromatic heterocycles. The zero-order valence-electron chi connectivity index (χ0n) is 16.5. The molecule has 0 unspecified atom stereocenters. The van der Waals surface area contributed by atoms with Gasteiger partial charge in [0.25, 0.3) is 11.8 Å². The lowest BCUT2D eigenvalue weighted by Gasteiger charge is -2.16. The van der Waals surface area contributed by atoms with Crippen LogP contribution in [0, 0.1) is 13.8 Å². The predicted octanol–water partition coefficient (Wildman–Crippen LogP) is 5.53.